The van der Waals surface area contributed by atoms with Crippen molar-refractivity contribution in [2.75, 3.05) is 32.5 Å². The summed E-state index contributed by atoms with van der Waals surface area (Å²) >= 11 is 3.43. The summed E-state index contributed by atoms with van der Waals surface area (Å²) in [5.41, 5.74) is 0. The van der Waals surface area contributed by atoms with Gasteiger partial charge in [0.15, 0.2) is 0 Å². The van der Waals surface area contributed by atoms with Gasteiger partial charge in [0, 0.05) is 26.1 Å². The largest absolute Gasteiger partial charge is 0.492 e. The molecule has 1 N–H and O–H groups in total. The lowest BCUT2D eigenvalue weighted by Gasteiger charge is -2.32. The molecule has 8 heteroatoms. The normalized spacial score (nSPS) is 18.2. The number of carbonyl (C=O) groups is 1. The number of ether oxygens (including phenoxy) is 1. The van der Waals surface area contributed by atoms with Crippen molar-refractivity contribution in [3.05, 3.63) is 28.7 Å². The zero-order chi connectivity index (χ0) is 18.3. The standard InChI is InChI=1S/C17H25BrN2O4S/c1-25(22,23)19-12-14-6-4-10-20(13-14)17(21)9-5-11-24-16-8-3-2-7-15(16)18/h2-3,7-8,14,19H,4-6,9-13H2,1H3. The second-order valence-corrected chi connectivity index (χ2v) is 9.04. The van der Waals surface area contributed by atoms with E-state index in [9.17, 15) is 13.2 Å². The second kappa shape index (κ2) is 9.54. The van der Waals surface area contributed by atoms with E-state index in [1.807, 2.05) is 29.2 Å². The Bertz CT molecular complexity index is 681. The fraction of sp³-hybridized carbons (Fsp3) is 0.588. The molecule has 6 nitrogen and oxygen atoms in total. The van der Waals surface area contributed by atoms with Gasteiger partial charge in [0.05, 0.1) is 17.3 Å². The van der Waals surface area contributed by atoms with Crippen molar-refractivity contribution >= 4 is 31.9 Å². The lowest BCUT2D eigenvalue weighted by Crippen LogP contribution is -2.43. The molecule has 1 aliphatic rings. The Morgan fingerprint density at radius 2 is 2.16 bits per heavy atom. The Labute approximate surface area is 158 Å². The maximum atomic E-state index is 12.3. The highest BCUT2D eigenvalue weighted by atomic mass is 79.9. The topological polar surface area (TPSA) is 75.7 Å². The first-order valence-corrected chi connectivity index (χ1v) is 11.1. The van der Waals surface area contributed by atoms with Gasteiger partial charge in [-0.2, -0.15) is 0 Å². The van der Waals surface area contributed by atoms with Crippen LogP contribution in [0.3, 0.4) is 0 Å². The molecule has 0 bridgehead atoms. The molecule has 1 unspecified atom stereocenters. The van der Waals surface area contributed by atoms with E-state index in [1.165, 1.54) is 0 Å². The van der Waals surface area contributed by atoms with E-state index >= 15 is 0 Å². The quantitative estimate of drug-likeness (QED) is 0.639. The summed E-state index contributed by atoms with van der Waals surface area (Å²) < 4.78 is 31.5. The minimum absolute atomic E-state index is 0.111. The molecule has 1 aliphatic heterocycles. The minimum Gasteiger partial charge on any atom is -0.492 e. The number of likely N-dealkylation sites (tertiary alicyclic amines) is 1. The Hall–Kier alpha value is -1.12. The van der Waals surface area contributed by atoms with Gasteiger partial charge < -0.3 is 9.64 Å². The number of benzene rings is 1. The average molecular weight is 433 g/mol. The summed E-state index contributed by atoms with van der Waals surface area (Å²) in [5, 5.41) is 0. The molecule has 140 valence electrons. The number of hydrogen-bond acceptors (Lipinski definition) is 4. The van der Waals surface area contributed by atoms with E-state index in [2.05, 4.69) is 20.7 Å². The number of piperidine rings is 1. The van der Waals surface area contributed by atoms with Gasteiger partial charge in [-0.25, -0.2) is 13.1 Å². The van der Waals surface area contributed by atoms with Gasteiger partial charge in [0.2, 0.25) is 15.9 Å². The van der Waals surface area contributed by atoms with Crippen molar-refractivity contribution < 1.29 is 17.9 Å². The third-order valence-corrected chi connectivity index (χ3v) is 5.48. The summed E-state index contributed by atoms with van der Waals surface area (Å²) in [6.07, 6.45) is 4.11. The molecule has 1 amide bonds. The van der Waals surface area contributed by atoms with Crippen LogP contribution in [0.25, 0.3) is 0 Å². The number of halogens is 1. The minimum atomic E-state index is -3.18. The van der Waals surface area contributed by atoms with Crippen LogP contribution in [0.2, 0.25) is 0 Å². The molecule has 1 fully saturated rings. The number of rotatable bonds is 8. The number of hydrogen-bond donors (Lipinski definition) is 1. The molecule has 0 radical (unpaired) electrons. The van der Waals surface area contributed by atoms with E-state index in [0.717, 1.165) is 35.9 Å². The average Bonchev–Trinajstić information content (AvgIpc) is 2.58. The van der Waals surface area contributed by atoms with Crippen molar-refractivity contribution in [2.24, 2.45) is 5.92 Å². The number of para-hydroxylation sites is 1. The van der Waals surface area contributed by atoms with Crippen LogP contribution in [0, 0.1) is 5.92 Å². The monoisotopic (exact) mass is 432 g/mol. The molecule has 0 aliphatic carbocycles. The van der Waals surface area contributed by atoms with Crippen LogP contribution in [0.15, 0.2) is 28.7 Å². The van der Waals surface area contributed by atoms with Gasteiger partial charge in [-0.15, -0.1) is 0 Å². The molecule has 2 rings (SSSR count). The van der Waals surface area contributed by atoms with E-state index in [4.69, 9.17) is 4.74 Å². The van der Waals surface area contributed by atoms with Crippen molar-refractivity contribution in [1.82, 2.24) is 9.62 Å². The summed E-state index contributed by atoms with van der Waals surface area (Å²) in [5.74, 6) is 1.07. The van der Waals surface area contributed by atoms with Crippen LogP contribution in [0.5, 0.6) is 5.75 Å². The SMILES string of the molecule is CS(=O)(=O)NCC1CCCN(C(=O)CCCOc2ccccc2Br)C1. The van der Waals surface area contributed by atoms with Crippen LogP contribution >= 0.6 is 15.9 Å². The molecule has 0 spiro atoms. The fourth-order valence-corrected chi connectivity index (χ4v) is 3.79. The summed E-state index contributed by atoms with van der Waals surface area (Å²) in [7, 11) is -3.18. The van der Waals surface area contributed by atoms with Crippen LogP contribution in [0.4, 0.5) is 0 Å². The first-order chi connectivity index (χ1) is 11.8. The Morgan fingerprint density at radius 3 is 2.88 bits per heavy atom. The van der Waals surface area contributed by atoms with Gasteiger partial charge in [-0.3, -0.25) is 4.79 Å². The van der Waals surface area contributed by atoms with Gasteiger partial charge in [-0.05, 0) is 53.2 Å². The number of sulfonamides is 1. The zero-order valence-corrected chi connectivity index (χ0v) is 16.8. The highest BCUT2D eigenvalue weighted by Crippen LogP contribution is 2.24. The van der Waals surface area contributed by atoms with Gasteiger partial charge in [-0.1, -0.05) is 12.1 Å². The van der Waals surface area contributed by atoms with Crippen LogP contribution in [-0.2, 0) is 14.8 Å². The molecular formula is C17H25BrN2O4S. The Morgan fingerprint density at radius 1 is 1.40 bits per heavy atom. The third kappa shape index (κ3) is 7.33. The predicted molar refractivity (Wildman–Crippen MR) is 101 cm³/mol. The fourth-order valence-electron chi connectivity index (χ4n) is 2.85. The van der Waals surface area contributed by atoms with Crippen LogP contribution in [0.1, 0.15) is 25.7 Å². The Kier molecular flexibility index (Phi) is 7.71. The number of nitrogens with one attached hydrogen (secondary N) is 1. The molecule has 25 heavy (non-hydrogen) atoms. The highest BCUT2D eigenvalue weighted by Gasteiger charge is 2.23. The molecule has 1 saturated heterocycles. The lowest BCUT2D eigenvalue weighted by molar-refractivity contribution is -0.133. The van der Waals surface area contributed by atoms with Crippen LogP contribution in [-0.4, -0.2) is 51.7 Å². The van der Waals surface area contributed by atoms with Gasteiger partial charge in [0.25, 0.3) is 0 Å². The third-order valence-electron chi connectivity index (χ3n) is 4.14. The zero-order valence-electron chi connectivity index (χ0n) is 14.4. The molecule has 1 heterocycles. The molecule has 0 saturated carbocycles. The van der Waals surface area contributed by atoms with Crippen molar-refractivity contribution in [1.29, 1.82) is 0 Å². The summed E-state index contributed by atoms with van der Waals surface area (Å²) in [6, 6.07) is 7.63. The molecule has 1 atom stereocenters. The highest BCUT2D eigenvalue weighted by molar-refractivity contribution is 9.10. The second-order valence-electron chi connectivity index (χ2n) is 6.35. The smallest absolute Gasteiger partial charge is 0.222 e. The maximum Gasteiger partial charge on any atom is 0.222 e. The summed E-state index contributed by atoms with van der Waals surface area (Å²) in [4.78, 5) is 14.2. The number of nitrogens with zero attached hydrogens (tertiary/aromatic N) is 1. The van der Waals surface area contributed by atoms with Crippen molar-refractivity contribution in [3.8, 4) is 5.75 Å². The molecular weight excluding hydrogens is 408 g/mol. The van der Waals surface area contributed by atoms with Gasteiger partial charge >= 0.3 is 0 Å². The van der Waals surface area contributed by atoms with Crippen molar-refractivity contribution in [3.63, 3.8) is 0 Å². The van der Waals surface area contributed by atoms with E-state index in [0.29, 0.717) is 32.5 Å². The maximum absolute atomic E-state index is 12.3. The lowest BCUT2D eigenvalue weighted by atomic mass is 9.98. The van der Waals surface area contributed by atoms with Crippen molar-refractivity contribution in [2.45, 2.75) is 25.7 Å². The van der Waals surface area contributed by atoms with E-state index in [1.54, 1.807) is 0 Å². The first-order valence-electron chi connectivity index (χ1n) is 8.45. The number of amides is 1. The Balaban J connectivity index is 1.70. The predicted octanol–water partition coefficient (Wildman–Crippen LogP) is 2.40. The van der Waals surface area contributed by atoms with E-state index in [-0.39, 0.29) is 11.8 Å². The number of carbonyl (C=O) groups excluding carboxylic acids is 1. The van der Waals surface area contributed by atoms with E-state index < -0.39 is 10.0 Å². The first kappa shape index (κ1) is 20.2. The van der Waals surface area contributed by atoms with Gasteiger partial charge in [0.1, 0.15) is 5.75 Å². The molecule has 1 aromatic carbocycles. The summed E-state index contributed by atoms with van der Waals surface area (Å²) in [6.45, 7) is 2.25. The van der Waals surface area contributed by atoms with Crippen LogP contribution < -0.4 is 9.46 Å². The molecule has 0 aromatic heterocycles. The molecule has 1 aromatic rings.